The van der Waals surface area contributed by atoms with E-state index < -0.39 is 0 Å². The molecule has 0 unspecified atom stereocenters. The van der Waals surface area contributed by atoms with Gasteiger partial charge in [-0.15, -0.1) is 0 Å². The van der Waals surface area contributed by atoms with Gasteiger partial charge in [0, 0.05) is 43.5 Å². The number of amides is 1. The van der Waals surface area contributed by atoms with Crippen LogP contribution in [0, 0.1) is 0 Å². The average Bonchev–Trinajstić information content (AvgIpc) is 2.95. The first-order valence-electron chi connectivity index (χ1n) is 8.14. The van der Waals surface area contributed by atoms with Gasteiger partial charge in [0.05, 0.1) is 16.8 Å². The molecule has 1 aromatic heterocycles. The van der Waals surface area contributed by atoms with E-state index in [1.54, 1.807) is 7.11 Å². The van der Waals surface area contributed by atoms with Crippen molar-refractivity contribution in [1.82, 2.24) is 4.57 Å². The number of thiazole rings is 1. The Morgan fingerprint density at radius 3 is 2.62 bits per heavy atom. The van der Waals surface area contributed by atoms with Crippen LogP contribution in [0.5, 0.6) is 0 Å². The number of carbonyl (C=O) groups is 1. The van der Waals surface area contributed by atoms with Crippen molar-refractivity contribution >= 4 is 49.1 Å². The fraction of sp³-hybridized carbons (Fsp3) is 0.263. The van der Waals surface area contributed by atoms with Gasteiger partial charge in [-0.25, -0.2) is 0 Å². The predicted octanol–water partition coefficient (Wildman–Crippen LogP) is 3.92. The second kappa shape index (κ2) is 8.16. The van der Waals surface area contributed by atoms with Gasteiger partial charge in [0.15, 0.2) is 4.80 Å². The monoisotopic (exact) mass is 433 g/mol. The molecule has 0 aliphatic carbocycles. The minimum Gasteiger partial charge on any atom is -0.383 e. The number of carbonyl (C=O) groups excluding carboxylic acids is 1. The van der Waals surface area contributed by atoms with E-state index >= 15 is 0 Å². The van der Waals surface area contributed by atoms with E-state index in [9.17, 15) is 4.79 Å². The van der Waals surface area contributed by atoms with Gasteiger partial charge in [-0.1, -0.05) is 27.3 Å². The zero-order chi connectivity index (χ0) is 18.7. The SMILES string of the molecule is COCCn1c(=NC(=O)c2ccc(N(C)C)cc2)sc2cc(Br)ccc21. The molecule has 0 saturated carbocycles. The van der Waals surface area contributed by atoms with Crippen molar-refractivity contribution in [3.63, 3.8) is 0 Å². The van der Waals surface area contributed by atoms with E-state index in [-0.39, 0.29) is 5.91 Å². The molecule has 26 heavy (non-hydrogen) atoms. The molecule has 0 saturated heterocycles. The van der Waals surface area contributed by atoms with E-state index in [2.05, 4.69) is 20.9 Å². The predicted molar refractivity (Wildman–Crippen MR) is 110 cm³/mol. The third-order valence-electron chi connectivity index (χ3n) is 3.99. The summed E-state index contributed by atoms with van der Waals surface area (Å²) in [5.74, 6) is -0.243. The van der Waals surface area contributed by atoms with Crippen LogP contribution < -0.4 is 9.70 Å². The fourth-order valence-electron chi connectivity index (χ4n) is 2.58. The highest BCUT2D eigenvalue weighted by atomic mass is 79.9. The fourth-order valence-corrected chi connectivity index (χ4v) is 4.19. The Hall–Kier alpha value is -1.96. The first-order valence-corrected chi connectivity index (χ1v) is 9.75. The van der Waals surface area contributed by atoms with Crippen molar-refractivity contribution in [2.75, 3.05) is 32.7 Å². The van der Waals surface area contributed by atoms with Crippen molar-refractivity contribution < 1.29 is 9.53 Å². The number of nitrogens with zero attached hydrogens (tertiary/aromatic N) is 3. The number of aromatic nitrogens is 1. The van der Waals surface area contributed by atoms with Gasteiger partial charge >= 0.3 is 0 Å². The molecule has 0 bridgehead atoms. The van der Waals surface area contributed by atoms with Crippen molar-refractivity contribution in [2.45, 2.75) is 6.54 Å². The van der Waals surface area contributed by atoms with Crippen molar-refractivity contribution in [3.05, 3.63) is 57.3 Å². The smallest absolute Gasteiger partial charge is 0.279 e. The van der Waals surface area contributed by atoms with Crippen LogP contribution in [-0.4, -0.2) is 38.3 Å². The van der Waals surface area contributed by atoms with Crippen LogP contribution >= 0.6 is 27.3 Å². The molecule has 136 valence electrons. The lowest BCUT2D eigenvalue weighted by molar-refractivity contribution is 0.0997. The molecule has 1 heterocycles. The lowest BCUT2D eigenvalue weighted by atomic mass is 10.2. The second-order valence-electron chi connectivity index (χ2n) is 6.00. The Morgan fingerprint density at radius 2 is 1.96 bits per heavy atom. The molecule has 5 nitrogen and oxygen atoms in total. The van der Waals surface area contributed by atoms with Gasteiger partial charge in [0.25, 0.3) is 5.91 Å². The summed E-state index contributed by atoms with van der Waals surface area (Å²) in [5, 5.41) is 0. The highest BCUT2D eigenvalue weighted by Crippen LogP contribution is 2.22. The van der Waals surface area contributed by atoms with Gasteiger partial charge < -0.3 is 14.2 Å². The van der Waals surface area contributed by atoms with Gasteiger partial charge in [0.1, 0.15) is 0 Å². The van der Waals surface area contributed by atoms with Gasteiger partial charge in [-0.2, -0.15) is 4.99 Å². The lowest BCUT2D eigenvalue weighted by Gasteiger charge is -2.11. The molecule has 0 N–H and O–H groups in total. The average molecular weight is 434 g/mol. The maximum atomic E-state index is 12.6. The summed E-state index contributed by atoms with van der Waals surface area (Å²) >= 11 is 5.00. The summed E-state index contributed by atoms with van der Waals surface area (Å²) in [6, 6.07) is 13.5. The van der Waals surface area contributed by atoms with E-state index in [1.165, 1.54) is 11.3 Å². The Labute approximate surface area is 164 Å². The summed E-state index contributed by atoms with van der Waals surface area (Å²) in [4.78, 5) is 19.7. The molecular formula is C19H20BrN3O2S. The molecule has 0 aliphatic rings. The Bertz CT molecular complexity index is 990. The summed E-state index contributed by atoms with van der Waals surface area (Å²) in [6.45, 7) is 1.20. The number of ether oxygens (including phenoxy) is 1. The maximum absolute atomic E-state index is 12.6. The number of halogens is 1. The highest BCUT2D eigenvalue weighted by molar-refractivity contribution is 9.10. The summed E-state index contributed by atoms with van der Waals surface area (Å²) in [6.07, 6.45) is 0. The number of rotatable bonds is 5. The zero-order valence-corrected chi connectivity index (χ0v) is 17.3. The minimum atomic E-state index is -0.243. The van der Waals surface area contributed by atoms with Crippen LogP contribution in [0.3, 0.4) is 0 Å². The Kier molecular flexibility index (Phi) is 5.90. The van der Waals surface area contributed by atoms with Crippen LogP contribution in [0.15, 0.2) is 51.9 Å². The number of methoxy groups -OCH3 is 1. The quantitative estimate of drug-likeness (QED) is 0.612. The second-order valence-corrected chi connectivity index (χ2v) is 7.92. The van der Waals surface area contributed by atoms with Crippen LogP contribution in [0.4, 0.5) is 5.69 Å². The largest absolute Gasteiger partial charge is 0.383 e. The van der Waals surface area contributed by atoms with Crippen LogP contribution in [0.1, 0.15) is 10.4 Å². The Morgan fingerprint density at radius 1 is 1.23 bits per heavy atom. The summed E-state index contributed by atoms with van der Waals surface area (Å²) < 4.78 is 9.32. The van der Waals surface area contributed by atoms with Crippen LogP contribution in [-0.2, 0) is 11.3 Å². The first kappa shape index (κ1) is 18.8. The number of anilines is 1. The molecule has 3 aromatic rings. The van der Waals surface area contributed by atoms with Crippen molar-refractivity contribution in [1.29, 1.82) is 0 Å². The molecule has 1 amide bonds. The number of benzene rings is 2. The van der Waals surface area contributed by atoms with Crippen LogP contribution in [0.25, 0.3) is 10.2 Å². The van der Waals surface area contributed by atoms with E-state index in [4.69, 9.17) is 4.74 Å². The van der Waals surface area contributed by atoms with Crippen molar-refractivity contribution in [3.8, 4) is 0 Å². The van der Waals surface area contributed by atoms with E-state index in [1.807, 2.05) is 66.0 Å². The molecule has 2 aromatic carbocycles. The summed E-state index contributed by atoms with van der Waals surface area (Å²) in [7, 11) is 5.60. The standard InChI is InChI=1S/C19H20BrN3O2S/c1-22(2)15-7-4-13(5-8-15)18(24)21-19-23(10-11-25-3)16-9-6-14(20)12-17(16)26-19/h4-9,12H,10-11H2,1-3H3. The molecule has 0 aliphatic heterocycles. The molecule has 3 rings (SSSR count). The normalized spacial score (nSPS) is 11.9. The number of hydrogen-bond acceptors (Lipinski definition) is 4. The van der Waals surface area contributed by atoms with Crippen LogP contribution in [0.2, 0.25) is 0 Å². The third kappa shape index (κ3) is 4.06. The van der Waals surface area contributed by atoms with Gasteiger partial charge in [0.2, 0.25) is 0 Å². The first-order chi connectivity index (χ1) is 12.5. The summed E-state index contributed by atoms with van der Waals surface area (Å²) in [5.41, 5.74) is 2.67. The van der Waals surface area contributed by atoms with Gasteiger partial charge in [-0.05, 0) is 42.5 Å². The molecule has 7 heteroatoms. The maximum Gasteiger partial charge on any atom is 0.279 e. The molecule has 0 radical (unpaired) electrons. The number of fused-ring (bicyclic) bond motifs is 1. The lowest BCUT2D eigenvalue weighted by Crippen LogP contribution is -2.19. The van der Waals surface area contributed by atoms with Gasteiger partial charge in [-0.3, -0.25) is 4.79 Å². The molecule has 0 spiro atoms. The zero-order valence-electron chi connectivity index (χ0n) is 14.9. The minimum absolute atomic E-state index is 0.243. The Balaban J connectivity index is 2.03. The highest BCUT2D eigenvalue weighted by Gasteiger charge is 2.10. The number of hydrogen-bond donors (Lipinski definition) is 0. The third-order valence-corrected chi connectivity index (χ3v) is 5.53. The molecular weight excluding hydrogens is 414 g/mol. The topological polar surface area (TPSA) is 46.8 Å². The van der Waals surface area contributed by atoms with E-state index in [0.717, 1.165) is 20.4 Å². The molecule has 0 atom stereocenters. The van der Waals surface area contributed by atoms with E-state index in [0.29, 0.717) is 23.5 Å². The molecule has 0 fully saturated rings. The van der Waals surface area contributed by atoms with Crippen molar-refractivity contribution in [2.24, 2.45) is 4.99 Å².